The summed E-state index contributed by atoms with van der Waals surface area (Å²) in [4.78, 5) is 37.2. The number of carboxylic acids is 1. The summed E-state index contributed by atoms with van der Waals surface area (Å²) < 4.78 is 37.4. The van der Waals surface area contributed by atoms with Crippen LogP contribution >= 0.6 is 11.8 Å². The summed E-state index contributed by atoms with van der Waals surface area (Å²) in [5.74, 6) is -2.43. The van der Waals surface area contributed by atoms with Gasteiger partial charge in [-0.2, -0.15) is 13.2 Å². The molecule has 1 unspecified atom stereocenters. The highest BCUT2D eigenvalue weighted by atomic mass is 32.2. The maximum atomic E-state index is 12.5. The molecule has 2 amide bonds. The van der Waals surface area contributed by atoms with E-state index < -0.39 is 41.9 Å². The average Bonchev–Trinajstić information content (AvgIpc) is 2.84. The van der Waals surface area contributed by atoms with Gasteiger partial charge in [0.15, 0.2) is 0 Å². The molecule has 136 valence electrons. The van der Waals surface area contributed by atoms with Gasteiger partial charge in [0.2, 0.25) is 11.8 Å². The lowest BCUT2D eigenvalue weighted by atomic mass is 10.0. The molecule has 3 heterocycles. The molecule has 0 aromatic rings. The van der Waals surface area contributed by atoms with E-state index in [9.17, 15) is 32.7 Å². The lowest BCUT2D eigenvalue weighted by Crippen LogP contribution is -2.68. The molecule has 11 heteroatoms. The number of carboxylic acid groups (broad SMARTS) is 1. The fraction of sp³-hybridized carbons (Fsp3) is 0.500. The zero-order valence-electron chi connectivity index (χ0n) is 12.7. The number of β-lactam (4-membered cyclic amide) rings is 1. The Hall–Kier alpha value is -2.01. The van der Waals surface area contributed by atoms with E-state index in [0.29, 0.717) is 4.90 Å². The SMILES string of the molecule is NC1C(=O)N2C(C(=O)O)=C(C=C3CCN(CC(F)(F)F)C3=O)CS[C@@H]12. The lowest BCUT2D eigenvalue weighted by molar-refractivity contribution is -0.156. The fourth-order valence-electron chi connectivity index (χ4n) is 3.03. The maximum Gasteiger partial charge on any atom is 0.406 e. The predicted octanol–water partition coefficient (Wildman–Crippen LogP) is 0.288. The van der Waals surface area contributed by atoms with Crippen LogP contribution < -0.4 is 5.73 Å². The summed E-state index contributed by atoms with van der Waals surface area (Å²) in [6, 6.07) is -0.774. The number of carbonyl (C=O) groups is 3. The van der Waals surface area contributed by atoms with Gasteiger partial charge in [-0.15, -0.1) is 11.8 Å². The number of fused-ring (bicyclic) bond motifs is 1. The Labute approximate surface area is 144 Å². The van der Waals surface area contributed by atoms with Crippen molar-refractivity contribution in [2.75, 3.05) is 18.8 Å². The Bertz CT molecular complexity index is 719. The summed E-state index contributed by atoms with van der Waals surface area (Å²) in [7, 11) is 0. The number of allylic oxidation sites excluding steroid dienone is 1. The second kappa shape index (κ2) is 6.06. The number of likely N-dealkylation sites (tertiary alicyclic amines) is 1. The van der Waals surface area contributed by atoms with Crippen molar-refractivity contribution in [1.82, 2.24) is 9.80 Å². The van der Waals surface area contributed by atoms with E-state index in [-0.39, 0.29) is 35.6 Å². The quantitative estimate of drug-likeness (QED) is 0.541. The number of rotatable bonds is 3. The standard InChI is InChI=1S/C14H14F3N3O4S/c15-14(16,17)5-19-2-1-6(10(19)21)3-7-4-25-12-8(18)11(22)20(12)9(7)13(23)24/h3,8,12H,1-2,4-5,18H2,(H,23,24)/t8?,12-/m0/s1. The van der Waals surface area contributed by atoms with Gasteiger partial charge >= 0.3 is 12.1 Å². The Morgan fingerprint density at radius 1 is 1.40 bits per heavy atom. The first-order valence-corrected chi connectivity index (χ1v) is 8.38. The Balaban J connectivity index is 1.88. The normalized spacial score (nSPS) is 28.6. The van der Waals surface area contributed by atoms with Gasteiger partial charge < -0.3 is 15.7 Å². The van der Waals surface area contributed by atoms with Crippen LogP contribution in [0.3, 0.4) is 0 Å². The number of aliphatic carboxylic acids is 1. The maximum absolute atomic E-state index is 12.5. The first-order valence-electron chi connectivity index (χ1n) is 7.33. The van der Waals surface area contributed by atoms with Crippen LogP contribution in [0.2, 0.25) is 0 Å². The summed E-state index contributed by atoms with van der Waals surface area (Å²) in [6.45, 7) is -1.42. The monoisotopic (exact) mass is 377 g/mol. The van der Waals surface area contributed by atoms with Gasteiger partial charge in [-0.05, 0) is 18.1 Å². The molecule has 0 bridgehead atoms. The number of amides is 2. The van der Waals surface area contributed by atoms with Crippen LogP contribution in [-0.4, -0.2) is 69.1 Å². The molecule has 3 aliphatic rings. The highest BCUT2D eigenvalue weighted by molar-refractivity contribution is 8.00. The zero-order chi connectivity index (χ0) is 18.5. The molecule has 0 aromatic carbocycles. The van der Waals surface area contributed by atoms with E-state index in [2.05, 4.69) is 0 Å². The topological polar surface area (TPSA) is 104 Å². The van der Waals surface area contributed by atoms with Crippen molar-refractivity contribution < 1.29 is 32.7 Å². The van der Waals surface area contributed by atoms with Gasteiger partial charge in [-0.3, -0.25) is 14.5 Å². The van der Waals surface area contributed by atoms with Gasteiger partial charge in [-0.1, -0.05) is 0 Å². The molecule has 3 N–H and O–H groups in total. The molecule has 25 heavy (non-hydrogen) atoms. The molecule has 7 nitrogen and oxygen atoms in total. The van der Waals surface area contributed by atoms with Crippen LogP contribution in [0.15, 0.2) is 22.9 Å². The number of halogens is 3. The predicted molar refractivity (Wildman–Crippen MR) is 81.1 cm³/mol. The molecule has 2 saturated heterocycles. The van der Waals surface area contributed by atoms with Gasteiger partial charge in [0.05, 0.1) is 0 Å². The average molecular weight is 377 g/mol. The van der Waals surface area contributed by atoms with Gasteiger partial charge in [0.1, 0.15) is 23.7 Å². The molecule has 0 aromatic heterocycles. The first kappa shape index (κ1) is 17.8. The Morgan fingerprint density at radius 3 is 2.68 bits per heavy atom. The van der Waals surface area contributed by atoms with Gasteiger partial charge in [0.25, 0.3) is 0 Å². The molecule has 3 aliphatic heterocycles. The van der Waals surface area contributed by atoms with E-state index in [0.717, 1.165) is 4.90 Å². The first-order chi connectivity index (χ1) is 11.6. The van der Waals surface area contributed by atoms with Crippen molar-refractivity contribution in [2.45, 2.75) is 24.0 Å². The molecular formula is C14H14F3N3O4S. The van der Waals surface area contributed by atoms with Crippen LogP contribution in [0, 0.1) is 0 Å². The third-order valence-corrected chi connectivity index (χ3v) is 5.50. The third-order valence-electron chi connectivity index (χ3n) is 4.17. The molecule has 0 aliphatic carbocycles. The van der Waals surface area contributed by atoms with Crippen molar-refractivity contribution >= 4 is 29.5 Å². The van der Waals surface area contributed by atoms with Crippen LogP contribution in [0.4, 0.5) is 13.2 Å². The number of alkyl halides is 3. The van der Waals surface area contributed by atoms with Crippen molar-refractivity contribution in [1.29, 1.82) is 0 Å². The number of hydrogen-bond donors (Lipinski definition) is 2. The molecule has 0 spiro atoms. The Kier molecular flexibility index (Phi) is 4.31. The van der Waals surface area contributed by atoms with Crippen LogP contribution in [0.1, 0.15) is 6.42 Å². The fourth-order valence-corrected chi connectivity index (χ4v) is 4.28. The molecule has 2 atom stereocenters. The summed E-state index contributed by atoms with van der Waals surface area (Å²) >= 11 is 1.26. The summed E-state index contributed by atoms with van der Waals surface area (Å²) in [6.07, 6.45) is -3.11. The van der Waals surface area contributed by atoms with Crippen molar-refractivity contribution in [3.05, 3.63) is 22.9 Å². The van der Waals surface area contributed by atoms with E-state index in [1.54, 1.807) is 0 Å². The third kappa shape index (κ3) is 3.13. The number of nitrogens with two attached hydrogens (primary N) is 1. The van der Waals surface area contributed by atoms with Crippen LogP contribution in [0.25, 0.3) is 0 Å². The number of nitrogens with zero attached hydrogens (tertiary/aromatic N) is 2. The van der Waals surface area contributed by atoms with Crippen molar-refractivity contribution in [2.24, 2.45) is 5.73 Å². The van der Waals surface area contributed by atoms with E-state index in [4.69, 9.17) is 5.73 Å². The van der Waals surface area contributed by atoms with E-state index in [1.807, 2.05) is 0 Å². The van der Waals surface area contributed by atoms with Crippen LogP contribution in [-0.2, 0) is 14.4 Å². The smallest absolute Gasteiger partial charge is 0.406 e. The largest absolute Gasteiger partial charge is 0.477 e. The minimum absolute atomic E-state index is 0.0802. The molecule has 0 radical (unpaired) electrons. The van der Waals surface area contributed by atoms with Crippen molar-refractivity contribution in [3.63, 3.8) is 0 Å². The lowest BCUT2D eigenvalue weighted by Gasteiger charge is -2.47. The Morgan fingerprint density at radius 2 is 2.08 bits per heavy atom. The number of hydrogen-bond acceptors (Lipinski definition) is 5. The second-order valence-electron chi connectivity index (χ2n) is 5.88. The van der Waals surface area contributed by atoms with Gasteiger partial charge in [-0.25, -0.2) is 4.79 Å². The van der Waals surface area contributed by atoms with Crippen LogP contribution in [0.5, 0.6) is 0 Å². The number of carbonyl (C=O) groups excluding carboxylic acids is 2. The summed E-state index contributed by atoms with van der Waals surface area (Å²) in [5, 5.41) is 8.93. The molecule has 2 fully saturated rings. The summed E-state index contributed by atoms with van der Waals surface area (Å²) in [5.41, 5.74) is 5.71. The number of thioether (sulfide) groups is 1. The van der Waals surface area contributed by atoms with Gasteiger partial charge in [0, 0.05) is 17.9 Å². The highest BCUT2D eigenvalue weighted by Crippen LogP contribution is 2.40. The minimum Gasteiger partial charge on any atom is -0.477 e. The minimum atomic E-state index is -4.50. The zero-order valence-corrected chi connectivity index (χ0v) is 13.6. The van der Waals surface area contributed by atoms with E-state index >= 15 is 0 Å². The van der Waals surface area contributed by atoms with E-state index in [1.165, 1.54) is 17.8 Å². The highest BCUT2D eigenvalue weighted by Gasteiger charge is 2.51. The van der Waals surface area contributed by atoms with Crippen molar-refractivity contribution in [3.8, 4) is 0 Å². The molecular weight excluding hydrogens is 363 g/mol. The second-order valence-corrected chi connectivity index (χ2v) is 6.98. The molecule has 0 saturated carbocycles. The molecule has 3 rings (SSSR count).